The second kappa shape index (κ2) is 9.35. The molecular weight excluding hydrogens is 428 g/mol. The van der Waals surface area contributed by atoms with Crippen molar-refractivity contribution in [1.82, 2.24) is 5.43 Å². The van der Waals surface area contributed by atoms with Gasteiger partial charge in [0.1, 0.15) is 12.4 Å². The van der Waals surface area contributed by atoms with E-state index < -0.39 is 0 Å². The highest BCUT2D eigenvalue weighted by Crippen LogP contribution is 2.16. The van der Waals surface area contributed by atoms with Crippen LogP contribution in [-0.4, -0.2) is 12.1 Å². The van der Waals surface area contributed by atoms with Crippen molar-refractivity contribution in [2.45, 2.75) is 6.61 Å². The SMILES string of the molecule is O=C(N/N=C/c1cccc(OCc2cccc(Br)c2)c1)c1ccc(Cl)cc1. The second-order valence-corrected chi connectivity index (χ2v) is 7.05. The maximum atomic E-state index is 12.0. The summed E-state index contributed by atoms with van der Waals surface area (Å²) < 4.78 is 6.83. The largest absolute Gasteiger partial charge is 0.489 e. The summed E-state index contributed by atoms with van der Waals surface area (Å²) in [6.07, 6.45) is 1.57. The topological polar surface area (TPSA) is 50.7 Å². The number of carbonyl (C=O) groups excluding carboxylic acids is 1. The van der Waals surface area contributed by atoms with Crippen LogP contribution < -0.4 is 10.2 Å². The quantitative estimate of drug-likeness (QED) is 0.407. The van der Waals surface area contributed by atoms with E-state index in [0.717, 1.165) is 21.3 Å². The van der Waals surface area contributed by atoms with E-state index in [4.69, 9.17) is 16.3 Å². The van der Waals surface area contributed by atoms with E-state index in [-0.39, 0.29) is 5.91 Å². The third-order valence-corrected chi connectivity index (χ3v) is 4.38. The van der Waals surface area contributed by atoms with Crippen molar-refractivity contribution in [1.29, 1.82) is 0 Å². The van der Waals surface area contributed by atoms with Gasteiger partial charge >= 0.3 is 0 Å². The summed E-state index contributed by atoms with van der Waals surface area (Å²) in [5.41, 5.74) is 4.87. The molecule has 27 heavy (non-hydrogen) atoms. The summed E-state index contributed by atoms with van der Waals surface area (Å²) in [6.45, 7) is 0.466. The van der Waals surface area contributed by atoms with E-state index in [1.165, 1.54) is 0 Å². The second-order valence-electron chi connectivity index (χ2n) is 5.70. The van der Waals surface area contributed by atoms with Crippen LogP contribution in [0.2, 0.25) is 5.02 Å². The Labute approximate surface area is 171 Å². The minimum absolute atomic E-state index is 0.301. The van der Waals surface area contributed by atoms with E-state index in [9.17, 15) is 4.79 Å². The van der Waals surface area contributed by atoms with Crippen molar-refractivity contribution in [2.24, 2.45) is 5.10 Å². The molecule has 0 aliphatic carbocycles. The molecule has 0 saturated carbocycles. The third kappa shape index (κ3) is 5.94. The zero-order valence-electron chi connectivity index (χ0n) is 14.2. The molecule has 0 bridgehead atoms. The van der Waals surface area contributed by atoms with Crippen LogP contribution in [0.15, 0.2) is 82.4 Å². The lowest BCUT2D eigenvalue weighted by Gasteiger charge is -2.07. The number of nitrogens with zero attached hydrogens (tertiary/aromatic N) is 1. The number of carbonyl (C=O) groups is 1. The number of halogens is 2. The van der Waals surface area contributed by atoms with Gasteiger partial charge in [0.15, 0.2) is 0 Å². The number of amides is 1. The van der Waals surface area contributed by atoms with Crippen molar-refractivity contribution in [3.05, 3.63) is 99.0 Å². The molecule has 0 aliphatic heterocycles. The average Bonchev–Trinajstić information content (AvgIpc) is 2.67. The number of hydrogen-bond acceptors (Lipinski definition) is 3. The Balaban J connectivity index is 1.57. The number of hydrogen-bond donors (Lipinski definition) is 1. The van der Waals surface area contributed by atoms with Gasteiger partial charge in [-0.3, -0.25) is 4.79 Å². The summed E-state index contributed by atoms with van der Waals surface area (Å²) in [5, 5.41) is 4.57. The van der Waals surface area contributed by atoms with Gasteiger partial charge in [0.05, 0.1) is 6.21 Å². The minimum Gasteiger partial charge on any atom is -0.489 e. The molecule has 0 aliphatic rings. The van der Waals surface area contributed by atoms with Crippen molar-refractivity contribution in [3.8, 4) is 5.75 Å². The van der Waals surface area contributed by atoms with Gasteiger partial charge in [-0.15, -0.1) is 0 Å². The van der Waals surface area contributed by atoms with Crippen molar-refractivity contribution in [2.75, 3.05) is 0 Å². The number of ether oxygens (including phenoxy) is 1. The Bertz CT molecular complexity index is 958. The van der Waals surface area contributed by atoms with E-state index in [1.807, 2.05) is 48.5 Å². The van der Waals surface area contributed by atoms with Gasteiger partial charge in [0, 0.05) is 15.1 Å². The lowest BCUT2D eigenvalue weighted by molar-refractivity contribution is 0.0955. The van der Waals surface area contributed by atoms with Gasteiger partial charge in [0.25, 0.3) is 5.91 Å². The average molecular weight is 444 g/mol. The normalized spacial score (nSPS) is 10.7. The maximum absolute atomic E-state index is 12.0. The van der Waals surface area contributed by atoms with Gasteiger partial charge < -0.3 is 4.74 Å². The smallest absolute Gasteiger partial charge is 0.271 e. The van der Waals surface area contributed by atoms with E-state index in [2.05, 4.69) is 26.5 Å². The molecule has 0 unspecified atom stereocenters. The maximum Gasteiger partial charge on any atom is 0.271 e. The number of rotatable bonds is 6. The van der Waals surface area contributed by atoms with Gasteiger partial charge in [-0.05, 0) is 59.7 Å². The molecule has 0 atom stereocenters. The molecule has 3 aromatic rings. The number of hydrazone groups is 1. The first-order chi connectivity index (χ1) is 13.1. The van der Waals surface area contributed by atoms with Crippen LogP contribution in [0.5, 0.6) is 5.75 Å². The van der Waals surface area contributed by atoms with Crippen molar-refractivity contribution < 1.29 is 9.53 Å². The van der Waals surface area contributed by atoms with Gasteiger partial charge in [-0.25, -0.2) is 5.43 Å². The molecule has 0 heterocycles. The molecule has 3 rings (SSSR count). The molecule has 0 spiro atoms. The van der Waals surface area contributed by atoms with Crippen molar-refractivity contribution in [3.63, 3.8) is 0 Å². The number of nitrogens with one attached hydrogen (secondary N) is 1. The number of benzene rings is 3. The van der Waals surface area contributed by atoms with Crippen LogP contribution in [0, 0.1) is 0 Å². The fourth-order valence-electron chi connectivity index (χ4n) is 2.31. The zero-order valence-corrected chi connectivity index (χ0v) is 16.6. The highest BCUT2D eigenvalue weighted by molar-refractivity contribution is 9.10. The molecule has 0 aromatic heterocycles. The van der Waals surface area contributed by atoms with Gasteiger partial charge in [0.2, 0.25) is 0 Å². The fourth-order valence-corrected chi connectivity index (χ4v) is 2.88. The molecule has 4 nitrogen and oxygen atoms in total. The molecule has 1 N–H and O–H groups in total. The summed E-state index contributed by atoms with van der Waals surface area (Å²) in [7, 11) is 0. The monoisotopic (exact) mass is 442 g/mol. The fraction of sp³-hybridized carbons (Fsp3) is 0.0476. The molecule has 136 valence electrons. The molecule has 1 amide bonds. The van der Waals surface area contributed by atoms with Crippen LogP contribution in [0.1, 0.15) is 21.5 Å². The van der Waals surface area contributed by atoms with E-state index in [0.29, 0.717) is 17.2 Å². The molecule has 3 aromatic carbocycles. The van der Waals surface area contributed by atoms with Crippen LogP contribution in [0.25, 0.3) is 0 Å². The minimum atomic E-state index is -0.301. The molecule has 0 saturated heterocycles. The highest BCUT2D eigenvalue weighted by atomic mass is 79.9. The summed E-state index contributed by atoms with van der Waals surface area (Å²) >= 11 is 9.26. The summed E-state index contributed by atoms with van der Waals surface area (Å²) in [5.74, 6) is 0.424. The van der Waals surface area contributed by atoms with Crippen LogP contribution >= 0.6 is 27.5 Å². The first kappa shape index (κ1) is 19.1. The lowest BCUT2D eigenvalue weighted by Crippen LogP contribution is -2.17. The predicted molar refractivity (Wildman–Crippen MR) is 111 cm³/mol. The molecule has 0 fully saturated rings. The van der Waals surface area contributed by atoms with Gasteiger partial charge in [-0.2, -0.15) is 5.10 Å². The Kier molecular flexibility index (Phi) is 6.63. The van der Waals surface area contributed by atoms with Crippen molar-refractivity contribution >= 4 is 39.7 Å². The molecular formula is C21H16BrClN2O2. The Morgan fingerprint density at radius 1 is 1.07 bits per heavy atom. The highest BCUT2D eigenvalue weighted by Gasteiger charge is 2.03. The Hall–Kier alpha value is -2.63. The predicted octanol–water partition coefficient (Wildman–Crippen LogP) is 5.45. The first-order valence-electron chi connectivity index (χ1n) is 8.16. The lowest BCUT2D eigenvalue weighted by atomic mass is 10.2. The van der Waals surface area contributed by atoms with E-state index in [1.54, 1.807) is 30.5 Å². The van der Waals surface area contributed by atoms with Crippen LogP contribution in [-0.2, 0) is 6.61 Å². The standard InChI is InChI=1S/C21H16BrClN2O2/c22-18-5-1-4-16(11-18)14-27-20-6-2-3-15(12-20)13-24-25-21(26)17-7-9-19(23)10-8-17/h1-13H,14H2,(H,25,26)/b24-13+. The molecule has 0 radical (unpaired) electrons. The van der Waals surface area contributed by atoms with Crippen LogP contribution in [0.4, 0.5) is 0 Å². The summed E-state index contributed by atoms with van der Waals surface area (Å²) in [4.78, 5) is 12.0. The third-order valence-electron chi connectivity index (χ3n) is 3.64. The first-order valence-corrected chi connectivity index (χ1v) is 9.33. The van der Waals surface area contributed by atoms with Gasteiger partial charge in [-0.1, -0.05) is 51.8 Å². The Morgan fingerprint density at radius 2 is 1.85 bits per heavy atom. The summed E-state index contributed by atoms with van der Waals surface area (Å²) in [6, 6.07) is 22.0. The van der Waals surface area contributed by atoms with E-state index >= 15 is 0 Å². The zero-order chi connectivity index (χ0) is 19.1. The Morgan fingerprint density at radius 3 is 2.63 bits per heavy atom. The molecule has 6 heteroatoms. The van der Waals surface area contributed by atoms with Crippen LogP contribution in [0.3, 0.4) is 0 Å².